The van der Waals surface area contributed by atoms with E-state index in [1.807, 2.05) is 11.3 Å². The second-order valence-corrected chi connectivity index (χ2v) is 11.3. The lowest BCUT2D eigenvalue weighted by Crippen LogP contribution is -2.35. The maximum atomic E-state index is 13.0. The predicted molar refractivity (Wildman–Crippen MR) is 122 cm³/mol. The van der Waals surface area contributed by atoms with Gasteiger partial charge in [-0.05, 0) is 66.7 Å². The summed E-state index contributed by atoms with van der Waals surface area (Å²) in [6.07, 6.45) is 3.92. The molecule has 3 aromatic rings. The minimum atomic E-state index is -3.52. The SMILES string of the molecule is O=S(=O)(c1cccc(-c2nn(CN3CCc4sccc4C3)c(=S)o2)c1)N1CCCCC1. The van der Waals surface area contributed by atoms with E-state index in [2.05, 4.69) is 21.4 Å². The molecule has 0 amide bonds. The quantitative estimate of drug-likeness (QED) is 0.516. The zero-order valence-electron chi connectivity index (χ0n) is 17.1. The fourth-order valence-electron chi connectivity index (χ4n) is 4.17. The van der Waals surface area contributed by atoms with E-state index < -0.39 is 10.0 Å². The van der Waals surface area contributed by atoms with Crippen molar-refractivity contribution in [3.63, 3.8) is 0 Å². The van der Waals surface area contributed by atoms with Crippen LogP contribution in [0.25, 0.3) is 11.5 Å². The number of sulfonamides is 1. The molecule has 0 spiro atoms. The summed E-state index contributed by atoms with van der Waals surface area (Å²) in [5.41, 5.74) is 1.98. The lowest BCUT2D eigenvalue weighted by molar-refractivity contribution is 0.187. The molecule has 0 aliphatic carbocycles. The molecule has 5 rings (SSSR count). The highest BCUT2D eigenvalue weighted by atomic mass is 32.2. The van der Waals surface area contributed by atoms with Crippen LogP contribution in [0.4, 0.5) is 0 Å². The summed E-state index contributed by atoms with van der Waals surface area (Å²) < 4.78 is 35.0. The van der Waals surface area contributed by atoms with Crippen molar-refractivity contribution in [1.29, 1.82) is 0 Å². The van der Waals surface area contributed by atoms with Gasteiger partial charge in [0.25, 0.3) is 4.84 Å². The third-order valence-corrected chi connectivity index (χ3v) is 9.07. The molecule has 1 aromatic carbocycles. The standard InChI is InChI=1S/C21H24N4O3S3/c26-31(27,24-9-2-1-3-10-24)18-6-4-5-16(13-18)20-22-25(21(29)28-20)15-23-11-7-19-17(14-23)8-12-30-19/h4-6,8,12-13H,1-3,7,9-11,14-15H2. The van der Waals surface area contributed by atoms with Gasteiger partial charge < -0.3 is 4.42 Å². The van der Waals surface area contributed by atoms with Crippen LogP contribution in [-0.2, 0) is 29.7 Å². The first-order chi connectivity index (χ1) is 15.0. The van der Waals surface area contributed by atoms with Crippen LogP contribution in [0.5, 0.6) is 0 Å². The van der Waals surface area contributed by atoms with E-state index in [9.17, 15) is 8.42 Å². The number of hydrogen-bond donors (Lipinski definition) is 0. The molecule has 0 saturated carbocycles. The number of fused-ring (bicyclic) bond motifs is 1. The Balaban J connectivity index is 1.37. The summed E-state index contributed by atoms with van der Waals surface area (Å²) in [6.45, 7) is 3.50. The normalized spacial score (nSPS) is 18.2. The Morgan fingerprint density at radius 1 is 1.13 bits per heavy atom. The summed E-state index contributed by atoms with van der Waals surface area (Å²) in [4.78, 5) is 4.29. The summed E-state index contributed by atoms with van der Waals surface area (Å²) in [7, 11) is -3.52. The van der Waals surface area contributed by atoms with Gasteiger partial charge in [-0.1, -0.05) is 12.5 Å². The van der Waals surface area contributed by atoms with Crippen LogP contribution in [0, 0.1) is 4.84 Å². The van der Waals surface area contributed by atoms with Crippen molar-refractivity contribution in [2.75, 3.05) is 19.6 Å². The average Bonchev–Trinajstić information content (AvgIpc) is 3.41. The Morgan fingerprint density at radius 2 is 1.97 bits per heavy atom. The number of rotatable bonds is 5. The topological polar surface area (TPSA) is 71.6 Å². The van der Waals surface area contributed by atoms with Crippen molar-refractivity contribution >= 4 is 33.6 Å². The molecule has 164 valence electrons. The molecule has 0 bridgehead atoms. The van der Waals surface area contributed by atoms with E-state index in [1.54, 1.807) is 33.3 Å². The summed E-state index contributed by atoms with van der Waals surface area (Å²) in [5.74, 6) is 0.342. The lowest BCUT2D eigenvalue weighted by Gasteiger charge is -2.26. The first-order valence-electron chi connectivity index (χ1n) is 10.5. The molecule has 10 heteroatoms. The first kappa shape index (κ1) is 21.0. The summed E-state index contributed by atoms with van der Waals surface area (Å²) in [6, 6.07) is 8.97. The molecule has 31 heavy (non-hydrogen) atoms. The van der Waals surface area contributed by atoms with Crippen LogP contribution in [0.3, 0.4) is 0 Å². The highest BCUT2D eigenvalue weighted by Crippen LogP contribution is 2.27. The van der Waals surface area contributed by atoms with Crippen molar-refractivity contribution in [3.8, 4) is 11.5 Å². The number of piperidine rings is 1. The number of thiophene rings is 1. The van der Waals surface area contributed by atoms with Gasteiger partial charge in [-0.3, -0.25) is 4.90 Å². The van der Waals surface area contributed by atoms with Crippen molar-refractivity contribution < 1.29 is 12.8 Å². The fourth-order valence-corrected chi connectivity index (χ4v) is 6.80. The smallest absolute Gasteiger partial charge is 0.288 e. The Labute approximate surface area is 191 Å². The van der Waals surface area contributed by atoms with Gasteiger partial charge in [0.05, 0.1) is 11.6 Å². The number of nitrogens with zero attached hydrogens (tertiary/aromatic N) is 4. The van der Waals surface area contributed by atoms with Crippen LogP contribution < -0.4 is 0 Å². The van der Waals surface area contributed by atoms with Gasteiger partial charge in [0.15, 0.2) is 0 Å². The van der Waals surface area contributed by atoms with E-state index in [0.717, 1.165) is 38.8 Å². The average molecular weight is 477 g/mol. The van der Waals surface area contributed by atoms with Gasteiger partial charge in [-0.25, -0.2) is 13.1 Å². The van der Waals surface area contributed by atoms with E-state index in [4.69, 9.17) is 16.6 Å². The second kappa shape index (κ2) is 8.59. The third-order valence-electron chi connectivity index (χ3n) is 5.86. The van der Waals surface area contributed by atoms with Crippen LogP contribution in [0.2, 0.25) is 0 Å². The Morgan fingerprint density at radius 3 is 2.81 bits per heavy atom. The van der Waals surface area contributed by atoms with Crippen molar-refractivity contribution in [2.45, 2.75) is 43.8 Å². The summed E-state index contributed by atoms with van der Waals surface area (Å²) in [5, 5.41) is 6.69. The lowest BCUT2D eigenvalue weighted by atomic mass is 10.1. The molecule has 4 heterocycles. The van der Waals surface area contributed by atoms with Gasteiger partial charge >= 0.3 is 0 Å². The van der Waals surface area contributed by atoms with Crippen LogP contribution in [0.1, 0.15) is 29.7 Å². The Hall–Kier alpha value is -1.85. The third kappa shape index (κ3) is 4.27. The Bertz CT molecular complexity index is 1240. The molecular formula is C21H24N4O3S3. The molecular weight excluding hydrogens is 452 g/mol. The number of aromatic nitrogens is 2. The molecule has 2 aromatic heterocycles. The molecule has 0 N–H and O–H groups in total. The van der Waals surface area contributed by atoms with Gasteiger partial charge in [0, 0.05) is 36.6 Å². The van der Waals surface area contributed by atoms with E-state index in [-0.39, 0.29) is 9.73 Å². The maximum absolute atomic E-state index is 13.0. The monoisotopic (exact) mass is 476 g/mol. The Kier molecular flexibility index (Phi) is 5.82. The predicted octanol–water partition coefficient (Wildman–Crippen LogP) is 4.12. The molecule has 0 unspecified atom stereocenters. The van der Waals surface area contributed by atoms with Crippen molar-refractivity contribution in [2.24, 2.45) is 0 Å². The number of hydrogen-bond acceptors (Lipinski definition) is 7. The van der Waals surface area contributed by atoms with E-state index >= 15 is 0 Å². The van der Waals surface area contributed by atoms with Crippen LogP contribution in [-0.4, -0.2) is 47.0 Å². The van der Waals surface area contributed by atoms with E-state index in [1.165, 1.54) is 10.4 Å². The van der Waals surface area contributed by atoms with E-state index in [0.29, 0.717) is 31.2 Å². The van der Waals surface area contributed by atoms with Crippen LogP contribution >= 0.6 is 23.6 Å². The van der Waals surface area contributed by atoms with Gasteiger partial charge in [0.1, 0.15) is 0 Å². The second-order valence-electron chi connectivity index (χ2n) is 7.98. The largest absolute Gasteiger partial charge is 0.409 e. The molecule has 0 atom stereocenters. The van der Waals surface area contributed by atoms with Gasteiger partial charge in [-0.15, -0.1) is 16.4 Å². The highest BCUT2D eigenvalue weighted by Gasteiger charge is 2.26. The molecule has 2 aliphatic heterocycles. The van der Waals surface area contributed by atoms with Gasteiger partial charge in [0.2, 0.25) is 15.9 Å². The molecule has 7 nitrogen and oxygen atoms in total. The van der Waals surface area contributed by atoms with Crippen molar-refractivity contribution in [1.82, 2.24) is 19.0 Å². The zero-order chi connectivity index (χ0) is 21.4. The van der Waals surface area contributed by atoms with Gasteiger partial charge in [-0.2, -0.15) is 4.31 Å². The molecule has 1 saturated heterocycles. The minimum Gasteiger partial charge on any atom is -0.409 e. The summed E-state index contributed by atoms with van der Waals surface area (Å²) >= 11 is 7.20. The molecule has 2 aliphatic rings. The fraction of sp³-hybridized carbons (Fsp3) is 0.429. The maximum Gasteiger partial charge on any atom is 0.288 e. The first-order valence-corrected chi connectivity index (χ1v) is 13.2. The molecule has 0 radical (unpaired) electrons. The minimum absolute atomic E-state index is 0.267. The number of benzene rings is 1. The molecule has 1 fully saturated rings. The zero-order valence-corrected chi connectivity index (χ0v) is 19.5. The highest BCUT2D eigenvalue weighted by molar-refractivity contribution is 7.89. The van der Waals surface area contributed by atoms with Crippen LogP contribution in [0.15, 0.2) is 45.0 Å². The van der Waals surface area contributed by atoms with Crippen molar-refractivity contribution in [3.05, 3.63) is 51.0 Å².